The quantitative estimate of drug-likeness (QED) is 0.751. The van der Waals surface area contributed by atoms with Gasteiger partial charge in [0, 0.05) is 10.6 Å². The largest absolute Gasteiger partial charge is 0.375 e. The van der Waals surface area contributed by atoms with Crippen LogP contribution in [0.4, 0.5) is 15.2 Å². The van der Waals surface area contributed by atoms with E-state index in [9.17, 15) is 9.18 Å². The van der Waals surface area contributed by atoms with Gasteiger partial charge in [0.25, 0.3) is 5.91 Å². The molecule has 1 heterocycles. The highest BCUT2D eigenvalue weighted by atomic mass is 35.5. The SMILES string of the molecule is Nc1nc2ccc(C(=O)Nc3ccc(Cl)cc3F)cc2s1. The van der Waals surface area contributed by atoms with Crippen molar-refractivity contribution in [3.63, 3.8) is 0 Å². The second-order valence-electron chi connectivity index (χ2n) is 4.31. The normalized spacial score (nSPS) is 10.8. The Kier molecular flexibility index (Phi) is 3.48. The number of fused-ring (bicyclic) bond motifs is 1. The predicted molar refractivity (Wildman–Crippen MR) is 83.4 cm³/mol. The van der Waals surface area contributed by atoms with E-state index >= 15 is 0 Å². The molecule has 0 saturated heterocycles. The third-order valence-corrected chi connectivity index (χ3v) is 3.93. The highest BCUT2D eigenvalue weighted by molar-refractivity contribution is 7.22. The van der Waals surface area contributed by atoms with Crippen LogP contribution in [0.2, 0.25) is 5.02 Å². The summed E-state index contributed by atoms with van der Waals surface area (Å²) in [6.07, 6.45) is 0. The smallest absolute Gasteiger partial charge is 0.255 e. The number of nitrogens with zero attached hydrogens (tertiary/aromatic N) is 1. The number of carbonyl (C=O) groups is 1. The number of carbonyl (C=O) groups excluding carboxylic acids is 1. The molecule has 0 atom stereocenters. The molecule has 4 nitrogen and oxygen atoms in total. The van der Waals surface area contributed by atoms with Crippen LogP contribution in [0.5, 0.6) is 0 Å². The topological polar surface area (TPSA) is 68.0 Å². The molecule has 0 spiro atoms. The van der Waals surface area contributed by atoms with E-state index in [0.29, 0.717) is 10.7 Å². The van der Waals surface area contributed by atoms with Crippen LogP contribution in [0.15, 0.2) is 36.4 Å². The van der Waals surface area contributed by atoms with Crippen LogP contribution in [0, 0.1) is 5.82 Å². The van der Waals surface area contributed by atoms with Crippen molar-refractivity contribution in [1.29, 1.82) is 0 Å². The number of halogens is 2. The number of hydrogen-bond acceptors (Lipinski definition) is 4. The first-order valence-electron chi connectivity index (χ1n) is 5.95. The van der Waals surface area contributed by atoms with Crippen molar-refractivity contribution in [2.75, 3.05) is 11.1 Å². The number of rotatable bonds is 2. The average molecular weight is 322 g/mol. The summed E-state index contributed by atoms with van der Waals surface area (Å²) in [4.78, 5) is 16.3. The Balaban J connectivity index is 1.89. The minimum Gasteiger partial charge on any atom is -0.375 e. The van der Waals surface area contributed by atoms with Crippen LogP contribution in [0.25, 0.3) is 10.2 Å². The van der Waals surface area contributed by atoms with E-state index in [0.717, 1.165) is 16.3 Å². The third-order valence-electron chi connectivity index (χ3n) is 2.85. The van der Waals surface area contributed by atoms with E-state index in [1.165, 1.54) is 23.5 Å². The lowest BCUT2D eigenvalue weighted by atomic mass is 10.2. The molecule has 0 saturated carbocycles. The number of aromatic nitrogens is 1. The summed E-state index contributed by atoms with van der Waals surface area (Å²) in [6.45, 7) is 0. The Morgan fingerprint density at radius 3 is 2.86 bits per heavy atom. The van der Waals surface area contributed by atoms with Crippen molar-refractivity contribution >= 4 is 49.9 Å². The van der Waals surface area contributed by atoms with Crippen LogP contribution in [0.3, 0.4) is 0 Å². The van der Waals surface area contributed by atoms with Crippen LogP contribution in [-0.2, 0) is 0 Å². The lowest BCUT2D eigenvalue weighted by Crippen LogP contribution is -2.12. The number of anilines is 2. The van der Waals surface area contributed by atoms with Crippen molar-refractivity contribution in [3.8, 4) is 0 Å². The average Bonchev–Trinajstić information content (AvgIpc) is 2.80. The van der Waals surface area contributed by atoms with E-state index in [1.54, 1.807) is 18.2 Å². The summed E-state index contributed by atoms with van der Waals surface area (Å²) >= 11 is 6.96. The first-order valence-corrected chi connectivity index (χ1v) is 7.15. The summed E-state index contributed by atoms with van der Waals surface area (Å²) in [5, 5.41) is 3.21. The van der Waals surface area contributed by atoms with Gasteiger partial charge in [0.2, 0.25) is 0 Å². The van der Waals surface area contributed by atoms with E-state index < -0.39 is 11.7 Å². The van der Waals surface area contributed by atoms with E-state index in [-0.39, 0.29) is 10.7 Å². The van der Waals surface area contributed by atoms with Crippen LogP contribution in [-0.4, -0.2) is 10.9 Å². The van der Waals surface area contributed by atoms with Gasteiger partial charge in [-0.1, -0.05) is 22.9 Å². The molecule has 0 aliphatic rings. The van der Waals surface area contributed by atoms with Crippen molar-refractivity contribution in [3.05, 3.63) is 52.8 Å². The number of thiazole rings is 1. The fraction of sp³-hybridized carbons (Fsp3) is 0. The zero-order valence-electron chi connectivity index (χ0n) is 10.6. The first kappa shape index (κ1) is 13.8. The number of nitrogens with one attached hydrogen (secondary N) is 1. The Bertz CT molecular complexity index is 849. The van der Waals surface area contributed by atoms with Gasteiger partial charge in [-0.05, 0) is 36.4 Å². The van der Waals surface area contributed by atoms with E-state index in [4.69, 9.17) is 17.3 Å². The summed E-state index contributed by atoms with van der Waals surface area (Å²) in [5.41, 5.74) is 6.83. The van der Waals surface area contributed by atoms with Crippen molar-refractivity contribution in [2.24, 2.45) is 0 Å². The standard InChI is InChI=1S/C14H9ClFN3OS/c15-8-2-4-10(9(16)6-8)18-13(20)7-1-3-11-12(5-7)21-14(17)19-11/h1-6H,(H2,17,19)(H,18,20). The number of nitrogens with two attached hydrogens (primary N) is 1. The molecule has 0 aliphatic carbocycles. The highest BCUT2D eigenvalue weighted by Gasteiger charge is 2.11. The van der Waals surface area contributed by atoms with E-state index in [2.05, 4.69) is 10.3 Å². The van der Waals surface area contributed by atoms with Crippen molar-refractivity contribution in [2.45, 2.75) is 0 Å². The maximum Gasteiger partial charge on any atom is 0.255 e. The number of amides is 1. The fourth-order valence-corrected chi connectivity index (χ4v) is 2.80. The first-order chi connectivity index (χ1) is 10.0. The molecule has 2 aromatic carbocycles. The molecule has 106 valence electrons. The van der Waals surface area contributed by atoms with Gasteiger partial charge in [0.1, 0.15) is 5.82 Å². The van der Waals surface area contributed by atoms with Crippen LogP contribution >= 0.6 is 22.9 Å². The number of nitrogen functional groups attached to an aromatic ring is 1. The Hall–Kier alpha value is -2.18. The predicted octanol–water partition coefficient (Wildman–Crippen LogP) is 3.92. The van der Waals surface area contributed by atoms with Gasteiger partial charge in [0.15, 0.2) is 5.13 Å². The maximum atomic E-state index is 13.7. The van der Waals surface area contributed by atoms with Crippen molar-refractivity contribution < 1.29 is 9.18 Å². The molecule has 0 unspecified atom stereocenters. The van der Waals surface area contributed by atoms with Crippen LogP contribution in [0.1, 0.15) is 10.4 Å². The van der Waals surface area contributed by atoms with Crippen LogP contribution < -0.4 is 11.1 Å². The van der Waals surface area contributed by atoms with Gasteiger partial charge in [-0.3, -0.25) is 4.79 Å². The summed E-state index contributed by atoms with van der Waals surface area (Å²) < 4.78 is 14.5. The summed E-state index contributed by atoms with van der Waals surface area (Å²) in [7, 11) is 0. The molecule has 0 fully saturated rings. The maximum absolute atomic E-state index is 13.7. The molecule has 7 heteroatoms. The second-order valence-corrected chi connectivity index (χ2v) is 5.81. The molecule has 1 amide bonds. The molecule has 3 aromatic rings. The molecule has 0 radical (unpaired) electrons. The Morgan fingerprint density at radius 2 is 2.10 bits per heavy atom. The molecule has 0 bridgehead atoms. The van der Waals surface area contributed by atoms with Crippen molar-refractivity contribution in [1.82, 2.24) is 4.98 Å². The molecule has 3 N–H and O–H groups in total. The highest BCUT2D eigenvalue weighted by Crippen LogP contribution is 2.25. The van der Waals surface area contributed by atoms with Gasteiger partial charge in [-0.25, -0.2) is 9.37 Å². The zero-order valence-corrected chi connectivity index (χ0v) is 12.1. The van der Waals surface area contributed by atoms with Gasteiger partial charge < -0.3 is 11.1 Å². The van der Waals surface area contributed by atoms with Gasteiger partial charge in [-0.15, -0.1) is 0 Å². The summed E-state index contributed by atoms with van der Waals surface area (Å²) in [5.74, 6) is -0.996. The molecule has 3 rings (SSSR count). The lowest BCUT2D eigenvalue weighted by molar-refractivity contribution is 0.102. The second kappa shape index (κ2) is 5.31. The molecular weight excluding hydrogens is 313 g/mol. The molecule has 1 aromatic heterocycles. The third kappa shape index (κ3) is 2.81. The monoisotopic (exact) mass is 321 g/mol. The number of hydrogen-bond donors (Lipinski definition) is 2. The lowest BCUT2D eigenvalue weighted by Gasteiger charge is -2.06. The number of benzene rings is 2. The van der Waals surface area contributed by atoms with Gasteiger partial charge in [-0.2, -0.15) is 0 Å². The summed E-state index contributed by atoms with van der Waals surface area (Å²) in [6, 6.07) is 9.06. The minimum atomic E-state index is -0.584. The fourth-order valence-electron chi connectivity index (χ4n) is 1.87. The molecule has 21 heavy (non-hydrogen) atoms. The zero-order chi connectivity index (χ0) is 15.0. The van der Waals surface area contributed by atoms with E-state index in [1.807, 2.05) is 0 Å². The van der Waals surface area contributed by atoms with Gasteiger partial charge >= 0.3 is 0 Å². The Labute approximate surface area is 128 Å². The van der Waals surface area contributed by atoms with Gasteiger partial charge in [0.05, 0.1) is 15.9 Å². The Morgan fingerprint density at radius 1 is 1.29 bits per heavy atom. The molecule has 0 aliphatic heterocycles. The minimum absolute atomic E-state index is 0.0771. The molecular formula is C14H9ClFN3OS.